The Morgan fingerprint density at radius 3 is 2.00 bits per heavy atom. The van der Waals surface area contributed by atoms with Gasteiger partial charge >= 0.3 is 5.97 Å². The van der Waals surface area contributed by atoms with Gasteiger partial charge in [-0.2, -0.15) is 0 Å². The number of unbranched alkanes of at least 4 members (excludes halogenated alkanes) is 5. The van der Waals surface area contributed by atoms with Gasteiger partial charge in [-0.05, 0) is 35.2 Å². The molecule has 0 radical (unpaired) electrons. The standard InChI is InChI=1S/C37H52N2O6Si/c1-8-9-10-11-12-13-14-17-22-29(2)34(40)38-32(35(41)39-33(27-43-6)36(42)44-7)28-45-46(37(3,4)5,30-23-18-15-19-24-30)31-25-20-16-21-26-31/h14-27,32H,8-13,28H2,1-7H3,(H,38,40)(H,39,41)/b17-14-,29-22+,33-27-. The van der Waals surface area contributed by atoms with Gasteiger partial charge in [0.2, 0.25) is 11.8 Å². The summed E-state index contributed by atoms with van der Waals surface area (Å²) in [6, 6.07) is 18.9. The quantitative estimate of drug-likeness (QED) is 0.0538. The highest BCUT2D eigenvalue weighted by Crippen LogP contribution is 2.36. The van der Waals surface area contributed by atoms with Crippen LogP contribution in [-0.2, 0) is 28.3 Å². The summed E-state index contributed by atoms with van der Waals surface area (Å²) in [4.78, 5) is 39.5. The van der Waals surface area contributed by atoms with E-state index >= 15 is 0 Å². The molecule has 0 saturated carbocycles. The first-order valence-electron chi connectivity index (χ1n) is 16.0. The van der Waals surface area contributed by atoms with E-state index in [9.17, 15) is 14.4 Å². The Morgan fingerprint density at radius 2 is 1.48 bits per heavy atom. The fourth-order valence-corrected chi connectivity index (χ4v) is 9.82. The first-order chi connectivity index (χ1) is 22.0. The van der Waals surface area contributed by atoms with E-state index in [0.717, 1.165) is 29.5 Å². The summed E-state index contributed by atoms with van der Waals surface area (Å²) in [6.45, 7) is 10.1. The summed E-state index contributed by atoms with van der Waals surface area (Å²) in [6.07, 6.45) is 13.7. The molecule has 2 rings (SSSR count). The highest BCUT2D eigenvalue weighted by Gasteiger charge is 2.50. The van der Waals surface area contributed by atoms with Crippen LogP contribution in [0.15, 0.2) is 96.4 Å². The fraction of sp³-hybridized carbons (Fsp3) is 0.432. The molecule has 0 bridgehead atoms. The first kappa shape index (κ1) is 38.2. The molecule has 2 N–H and O–H groups in total. The number of rotatable bonds is 18. The van der Waals surface area contributed by atoms with Gasteiger partial charge in [0, 0.05) is 5.57 Å². The average molecular weight is 649 g/mol. The summed E-state index contributed by atoms with van der Waals surface area (Å²) in [5.74, 6) is -1.85. The van der Waals surface area contributed by atoms with Gasteiger partial charge in [0.05, 0.1) is 20.8 Å². The number of allylic oxidation sites excluding steroid dienone is 3. The number of hydrogen-bond acceptors (Lipinski definition) is 6. The number of carbonyl (C=O) groups is 3. The number of ether oxygens (including phenoxy) is 2. The van der Waals surface area contributed by atoms with Crippen molar-refractivity contribution in [1.82, 2.24) is 10.6 Å². The maximum Gasteiger partial charge on any atom is 0.357 e. The molecule has 0 aliphatic rings. The predicted octanol–water partition coefficient (Wildman–Crippen LogP) is 5.69. The zero-order chi connectivity index (χ0) is 34.0. The van der Waals surface area contributed by atoms with Crippen LogP contribution in [0.4, 0.5) is 0 Å². The number of esters is 1. The van der Waals surface area contributed by atoms with E-state index in [4.69, 9.17) is 13.9 Å². The number of benzene rings is 2. The highest BCUT2D eigenvalue weighted by molar-refractivity contribution is 6.99. The second-order valence-electron chi connectivity index (χ2n) is 12.2. The van der Waals surface area contributed by atoms with Crippen LogP contribution in [0, 0.1) is 0 Å². The van der Waals surface area contributed by atoms with Crippen LogP contribution in [0.25, 0.3) is 0 Å². The Labute approximate surface area is 276 Å². The van der Waals surface area contributed by atoms with Crippen molar-refractivity contribution in [2.24, 2.45) is 0 Å². The molecule has 2 aromatic rings. The third kappa shape index (κ3) is 11.1. The third-order valence-electron chi connectivity index (χ3n) is 7.72. The van der Waals surface area contributed by atoms with Gasteiger partial charge < -0.3 is 24.5 Å². The summed E-state index contributed by atoms with van der Waals surface area (Å²) >= 11 is 0. The van der Waals surface area contributed by atoms with Crippen LogP contribution in [0.2, 0.25) is 5.04 Å². The van der Waals surface area contributed by atoms with Crippen LogP contribution < -0.4 is 21.0 Å². The number of nitrogens with one attached hydrogen (secondary N) is 2. The second-order valence-corrected chi connectivity index (χ2v) is 16.5. The smallest absolute Gasteiger partial charge is 0.357 e. The normalized spacial score (nSPS) is 13.3. The lowest BCUT2D eigenvalue weighted by Crippen LogP contribution is -2.68. The van der Waals surface area contributed by atoms with Crippen molar-refractivity contribution in [2.75, 3.05) is 20.8 Å². The molecule has 0 saturated heterocycles. The number of amides is 2. The maximum absolute atomic E-state index is 13.7. The molecule has 46 heavy (non-hydrogen) atoms. The molecule has 0 fully saturated rings. The van der Waals surface area contributed by atoms with Gasteiger partial charge in [0.25, 0.3) is 8.32 Å². The largest absolute Gasteiger partial charge is 0.502 e. The van der Waals surface area contributed by atoms with Gasteiger partial charge in [0.15, 0.2) is 5.70 Å². The zero-order valence-corrected chi connectivity index (χ0v) is 29.6. The van der Waals surface area contributed by atoms with E-state index in [1.165, 1.54) is 39.9 Å². The molecule has 2 aromatic carbocycles. The molecular formula is C37H52N2O6Si. The van der Waals surface area contributed by atoms with Crippen LogP contribution in [-0.4, -0.2) is 53.0 Å². The Balaban J connectivity index is 2.43. The zero-order valence-electron chi connectivity index (χ0n) is 28.6. The number of hydrogen-bond donors (Lipinski definition) is 2. The van der Waals surface area contributed by atoms with Crippen LogP contribution >= 0.6 is 0 Å². The Morgan fingerprint density at radius 1 is 0.891 bits per heavy atom. The van der Waals surface area contributed by atoms with E-state index in [-0.39, 0.29) is 17.3 Å². The minimum atomic E-state index is -3.05. The summed E-state index contributed by atoms with van der Waals surface area (Å²) in [5.41, 5.74) is 0.236. The molecule has 0 aliphatic carbocycles. The topological polar surface area (TPSA) is 103 Å². The molecule has 2 amide bonds. The maximum atomic E-state index is 13.7. The Hall–Kier alpha value is -3.95. The first-order valence-corrected chi connectivity index (χ1v) is 17.9. The Bertz CT molecular complexity index is 1290. The third-order valence-corrected chi connectivity index (χ3v) is 12.7. The number of methoxy groups -OCH3 is 2. The van der Waals surface area contributed by atoms with Crippen molar-refractivity contribution >= 4 is 36.5 Å². The van der Waals surface area contributed by atoms with Gasteiger partial charge in [-0.15, -0.1) is 0 Å². The molecule has 0 aliphatic heterocycles. The molecule has 9 heteroatoms. The molecule has 0 heterocycles. The van der Waals surface area contributed by atoms with Gasteiger partial charge in [-0.3, -0.25) is 9.59 Å². The van der Waals surface area contributed by atoms with Crippen LogP contribution in [0.5, 0.6) is 0 Å². The van der Waals surface area contributed by atoms with E-state index in [0.29, 0.717) is 5.57 Å². The molecule has 1 unspecified atom stereocenters. The van der Waals surface area contributed by atoms with Crippen molar-refractivity contribution in [2.45, 2.75) is 84.2 Å². The van der Waals surface area contributed by atoms with Crippen LogP contribution in [0.1, 0.15) is 73.1 Å². The molecule has 0 spiro atoms. The van der Waals surface area contributed by atoms with Crippen molar-refractivity contribution < 1.29 is 28.3 Å². The lowest BCUT2D eigenvalue weighted by Gasteiger charge is -2.43. The second kappa shape index (κ2) is 19.5. The lowest BCUT2D eigenvalue weighted by atomic mass is 10.1. The van der Waals surface area contributed by atoms with E-state index < -0.39 is 32.1 Å². The van der Waals surface area contributed by atoms with E-state index in [1.807, 2.05) is 42.5 Å². The van der Waals surface area contributed by atoms with E-state index in [2.05, 4.69) is 68.7 Å². The number of carbonyl (C=O) groups excluding carboxylic acids is 3. The van der Waals surface area contributed by atoms with Crippen molar-refractivity contribution in [3.05, 3.63) is 96.4 Å². The van der Waals surface area contributed by atoms with Crippen molar-refractivity contribution in [3.63, 3.8) is 0 Å². The summed E-state index contributed by atoms with van der Waals surface area (Å²) in [7, 11) is -0.491. The van der Waals surface area contributed by atoms with E-state index in [1.54, 1.807) is 13.0 Å². The molecule has 8 nitrogen and oxygen atoms in total. The summed E-state index contributed by atoms with van der Waals surface area (Å²) in [5, 5.41) is 7.11. The molecule has 250 valence electrons. The van der Waals surface area contributed by atoms with Gasteiger partial charge in [0.1, 0.15) is 12.3 Å². The van der Waals surface area contributed by atoms with Gasteiger partial charge in [-0.1, -0.05) is 132 Å². The van der Waals surface area contributed by atoms with Crippen molar-refractivity contribution in [3.8, 4) is 0 Å². The molecule has 0 aromatic heterocycles. The monoisotopic (exact) mass is 648 g/mol. The Kier molecular flexibility index (Phi) is 16.2. The van der Waals surface area contributed by atoms with Crippen molar-refractivity contribution in [1.29, 1.82) is 0 Å². The lowest BCUT2D eigenvalue weighted by molar-refractivity contribution is -0.138. The summed E-state index contributed by atoms with van der Waals surface area (Å²) < 4.78 is 16.8. The molecule has 1 atom stereocenters. The minimum Gasteiger partial charge on any atom is -0.502 e. The highest BCUT2D eigenvalue weighted by atomic mass is 28.4. The average Bonchev–Trinajstić information content (AvgIpc) is 3.05. The molecular weight excluding hydrogens is 597 g/mol. The fourth-order valence-electron chi connectivity index (χ4n) is 5.25. The predicted molar refractivity (Wildman–Crippen MR) is 187 cm³/mol. The minimum absolute atomic E-state index is 0.146. The van der Waals surface area contributed by atoms with Crippen LogP contribution in [0.3, 0.4) is 0 Å². The SMILES string of the molecule is CCCCCCC/C=C\C=C(/C)C(=O)NC(CO[Si](c1ccccc1)(c1ccccc1)C(C)(C)C)C(=O)N/C(=C\OC)C(=O)OC. The van der Waals surface area contributed by atoms with Gasteiger partial charge in [-0.25, -0.2) is 4.79 Å².